The van der Waals surface area contributed by atoms with Crippen LogP contribution in [0.2, 0.25) is 5.02 Å². The SMILES string of the molecule is CCOCCOCC(O)CNc1cc(C)ccc1Cl. The molecule has 1 aromatic rings. The lowest BCUT2D eigenvalue weighted by atomic mass is 10.2. The van der Waals surface area contributed by atoms with Gasteiger partial charge in [0.25, 0.3) is 0 Å². The van der Waals surface area contributed by atoms with Crippen LogP contribution in [0.1, 0.15) is 12.5 Å². The molecule has 2 N–H and O–H groups in total. The Labute approximate surface area is 119 Å². The molecule has 0 fully saturated rings. The monoisotopic (exact) mass is 287 g/mol. The Hall–Kier alpha value is -0.810. The number of benzene rings is 1. The minimum absolute atomic E-state index is 0.281. The van der Waals surface area contributed by atoms with E-state index in [1.54, 1.807) is 0 Å². The molecule has 1 unspecified atom stereocenters. The third kappa shape index (κ3) is 6.78. The first-order chi connectivity index (χ1) is 9.13. The molecule has 19 heavy (non-hydrogen) atoms. The molecule has 0 aliphatic rings. The Bertz CT molecular complexity index is 374. The number of rotatable bonds is 9. The number of aryl methyl sites for hydroxylation is 1. The van der Waals surface area contributed by atoms with Gasteiger partial charge in [-0.3, -0.25) is 0 Å². The van der Waals surface area contributed by atoms with Crippen LogP contribution in [0.25, 0.3) is 0 Å². The van der Waals surface area contributed by atoms with Crippen LogP contribution in [-0.2, 0) is 9.47 Å². The molecule has 0 aromatic heterocycles. The first-order valence-corrected chi connectivity index (χ1v) is 6.85. The molecule has 0 amide bonds. The number of anilines is 1. The van der Waals surface area contributed by atoms with Crippen molar-refractivity contribution < 1.29 is 14.6 Å². The molecule has 0 heterocycles. The Morgan fingerprint density at radius 3 is 2.79 bits per heavy atom. The van der Waals surface area contributed by atoms with Gasteiger partial charge in [0.1, 0.15) is 0 Å². The van der Waals surface area contributed by atoms with E-state index in [0.29, 0.717) is 31.4 Å². The highest BCUT2D eigenvalue weighted by Gasteiger charge is 2.06. The minimum atomic E-state index is -0.571. The van der Waals surface area contributed by atoms with E-state index in [1.807, 2.05) is 32.0 Å². The molecule has 1 aromatic carbocycles. The van der Waals surface area contributed by atoms with Crippen molar-refractivity contribution in [1.29, 1.82) is 0 Å². The van der Waals surface area contributed by atoms with Crippen LogP contribution in [0.5, 0.6) is 0 Å². The maximum atomic E-state index is 9.76. The standard InChI is InChI=1S/C14H22ClNO3/c1-3-18-6-7-19-10-12(17)9-16-14-8-11(2)4-5-13(14)15/h4-5,8,12,16-17H,3,6-7,9-10H2,1-2H3. The fourth-order valence-corrected chi connectivity index (χ4v) is 1.73. The molecule has 0 saturated heterocycles. The number of aliphatic hydroxyl groups excluding tert-OH is 1. The lowest BCUT2D eigenvalue weighted by Crippen LogP contribution is -2.25. The highest BCUT2D eigenvalue weighted by molar-refractivity contribution is 6.33. The topological polar surface area (TPSA) is 50.7 Å². The fraction of sp³-hybridized carbons (Fsp3) is 0.571. The van der Waals surface area contributed by atoms with Crippen molar-refractivity contribution in [2.45, 2.75) is 20.0 Å². The van der Waals surface area contributed by atoms with E-state index in [2.05, 4.69) is 5.32 Å². The summed E-state index contributed by atoms with van der Waals surface area (Å²) in [5, 5.41) is 13.5. The van der Waals surface area contributed by atoms with Crippen molar-refractivity contribution in [2.24, 2.45) is 0 Å². The summed E-state index contributed by atoms with van der Waals surface area (Å²) in [5.41, 5.74) is 1.95. The van der Waals surface area contributed by atoms with Crippen molar-refractivity contribution in [3.05, 3.63) is 28.8 Å². The summed E-state index contributed by atoms with van der Waals surface area (Å²) in [5.74, 6) is 0. The summed E-state index contributed by atoms with van der Waals surface area (Å²) < 4.78 is 10.4. The Kier molecular flexibility index (Phi) is 7.82. The van der Waals surface area contributed by atoms with Gasteiger partial charge < -0.3 is 19.9 Å². The number of aliphatic hydroxyl groups is 1. The molecule has 0 aliphatic carbocycles. The van der Waals surface area contributed by atoms with Crippen LogP contribution in [0.15, 0.2) is 18.2 Å². The van der Waals surface area contributed by atoms with Crippen LogP contribution < -0.4 is 5.32 Å². The van der Waals surface area contributed by atoms with E-state index < -0.39 is 6.10 Å². The predicted molar refractivity (Wildman–Crippen MR) is 78.0 cm³/mol. The second-order valence-electron chi connectivity index (χ2n) is 4.29. The maximum absolute atomic E-state index is 9.76. The smallest absolute Gasteiger partial charge is 0.0945 e. The van der Waals surface area contributed by atoms with Gasteiger partial charge in [0.15, 0.2) is 0 Å². The second kappa shape index (κ2) is 9.15. The highest BCUT2D eigenvalue weighted by Crippen LogP contribution is 2.22. The molecule has 0 bridgehead atoms. The zero-order valence-corrected chi connectivity index (χ0v) is 12.2. The van der Waals surface area contributed by atoms with Crippen molar-refractivity contribution in [3.63, 3.8) is 0 Å². The van der Waals surface area contributed by atoms with Gasteiger partial charge in [-0.25, -0.2) is 0 Å². The quantitative estimate of drug-likeness (QED) is 0.685. The number of hydrogen-bond donors (Lipinski definition) is 2. The summed E-state index contributed by atoms with van der Waals surface area (Å²) >= 11 is 6.05. The van der Waals surface area contributed by atoms with Gasteiger partial charge in [-0.05, 0) is 31.5 Å². The summed E-state index contributed by atoms with van der Waals surface area (Å²) in [6.07, 6.45) is -0.571. The largest absolute Gasteiger partial charge is 0.389 e. The normalized spacial score (nSPS) is 12.4. The average molecular weight is 288 g/mol. The van der Waals surface area contributed by atoms with Gasteiger partial charge in [-0.1, -0.05) is 17.7 Å². The van der Waals surface area contributed by atoms with Crippen LogP contribution in [0.3, 0.4) is 0 Å². The summed E-state index contributed by atoms with van der Waals surface area (Å²) in [6.45, 7) is 6.34. The van der Waals surface area contributed by atoms with Crippen molar-refractivity contribution in [1.82, 2.24) is 0 Å². The van der Waals surface area contributed by atoms with E-state index in [4.69, 9.17) is 21.1 Å². The summed E-state index contributed by atoms with van der Waals surface area (Å²) in [6, 6.07) is 5.73. The molecule has 0 radical (unpaired) electrons. The number of halogens is 1. The first-order valence-electron chi connectivity index (χ1n) is 6.47. The van der Waals surface area contributed by atoms with Crippen LogP contribution >= 0.6 is 11.6 Å². The van der Waals surface area contributed by atoms with Gasteiger partial charge >= 0.3 is 0 Å². The van der Waals surface area contributed by atoms with Gasteiger partial charge in [0.2, 0.25) is 0 Å². The van der Waals surface area contributed by atoms with E-state index in [-0.39, 0.29) is 6.61 Å². The molecular weight excluding hydrogens is 266 g/mol. The zero-order chi connectivity index (χ0) is 14.1. The second-order valence-corrected chi connectivity index (χ2v) is 4.70. The lowest BCUT2D eigenvalue weighted by molar-refractivity contribution is 0.0103. The van der Waals surface area contributed by atoms with Crippen molar-refractivity contribution in [3.8, 4) is 0 Å². The van der Waals surface area contributed by atoms with Crippen LogP contribution in [0, 0.1) is 6.92 Å². The molecular formula is C14H22ClNO3. The molecule has 4 nitrogen and oxygen atoms in total. The molecule has 5 heteroatoms. The first kappa shape index (κ1) is 16.2. The Morgan fingerprint density at radius 2 is 2.05 bits per heavy atom. The van der Waals surface area contributed by atoms with Crippen LogP contribution in [-0.4, -0.2) is 44.2 Å². The molecule has 1 atom stereocenters. The fourth-order valence-electron chi connectivity index (χ4n) is 1.54. The summed E-state index contributed by atoms with van der Waals surface area (Å²) in [4.78, 5) is 0. The van der Waals surface area contributed by atoms with E-state index in [0.717, 1.165) is 11.3 Å². The van der Waals surface area contributed by atoms with E-state index in [1.165, 1.54) is 0 Å². The molecule has 0 aliphatic heterocycles. The average Bonchev–Trinajstić information content (AvgIpc) is 2.39. The molecule has 0 saturated carbocycles. The Balaban J connectivity index is 2.22. The van der Waals surface area contributed by atoms with Gasteiger partial charge in [-0.15, -0.1) is 0 Å². The van der Waals surface area contributed by atoms with Crippen molar-refractivity contribution >= 4 is 17.3 Å². The van der Waals surface area contributed by atoms with E-state index in [9.17, 15) is 5.11 Å². The maximum Gasteiger partial charge on any atom is 0.0945 e. The molecule has 0 spiro atoms. The third-order valence-corrected chi connectivity index (χ3v) is 2.87. The number of nitrogens with one attached hydrogen (secondary N) is 1. The number of ether oxygens (including phenoxy) is 2. The summed E-state index contributed by atoms with van der Waals surface area (Å²) in [7, 11) is 0. The van der Waals surface area contributed by atoms with Gasteiger partial charge in [-0.2, -0.15) is 0 Å². The zero-order valence-electron chi connectivity index (χ0n) is 11.5. The van der Waals surface area contributed by atoms with E-state index >= 15 is 0 Å². The van der Waals surface area contributed by atoms with Crippen LogP contribution in [0.4, 0.5) is 5.69 Å². The molecule has 1 rings (SSSR count). The minimum Gasteiger partial charge on any atom is -0.389 e. The van der Waals surface area contributed by atoms with Crippen molar-refractivity contribution in [2.75, 3.05) is 38.3 Å². The van der Waals surface area contributed by atoms with Gasteiger partial charge in [0, 0.05) is 13.2 Å². The Morgan fingerprint density at radius 1 is 1.32 bits per heavy atom. The third-order valence-electron chi connectivity index (χ3n) is 2.54. The number of hydrogen-bond acceptors (Lipinski definition) is 4. The predicted octanol–water partition coefficient (Wildman–Crippen LogP) is 2.47. The molecule has 108 valence electrons. The lowest BCUT2D eigenvalue weighted by Gasteiger charge is -2.14. The highest BCUT2D eigenvalue weighted by atomic mass is 35.5. The van der Waals surface area contributed by atoms with Gasteiger partial charge in [0.05, 0.1) is 36.6 Å².